The molecule has 0 fully saturated rings. The van der Waals surface area contributed by atoms with Gasteiger partial charge >= 0.3 is 0 Å². The maximum atomic E-state index is 12.1. The summed E-state index contributed by atoms with van der Waals surface area (Å²) in [7, 11) is -3.30. The smallest absolute Gasteiger partial charge is 0.244 e. The average molecular weight is 388 g/mol. The molecule has 2 rings (SSSR count). The molecule has 0 aliphatic heterocycles. The lowest BCUT2D eigenvalue weighted by Gasteiger charge is -2.13. The zero-order valence-electron chi connectivity index (χ0n) is 15.6. The van der Waals surface area contributed by atoms with Gasteiger partial charge in [-0.15, -0.1) is 0 Å². The van der Waals surface area contributed by atoms with E-state index in [2.05, 4.69) is 10.0 Å². The molecule has 0 radical (unpaired) electrons. The highest BCUT2D eigenvalue weighted by Crippen LogP contribution is 2.18. The van der Waals surface area contributed by atoms with Gasteiger partial charge in [-0.2, -0.15) is 0 Å². The van der Waals surface area contributed by atoms with Gasteiger partial charge in [-0.1, -0.05) is 24.3 Å². The number of hydrogen-bond donors (Lipinski definition) is 2. The Morgan fingerprint density at radius 1 is 1.11 bits per heavy atom. The summed E-state index contributed by atoms with van der Waals surface area (Å²) in [6.45, 7) is 4.45. The van der Waals surface area contributed by atoms with Crippen molar-refractivity contribution in [3.63, 3.8) is 0 Å². The molecule has 2 aromatic carbocycles. The van der Waals surface area contributed by atoms with Crippen molar-refractivity contribution in [1.29, 1.82) is 0 Å². The van der Waals surface area contributed by atoms with E-state index in [-0.39, 0.29) is 11.9 Å². The number of ether oxygens (including phenoxy) is 1. The second-order valence-corrected chi connectivity index (χ2v) is 7.81. The van der Waals surface area contributed by atoms with Crippen molar-refractivity contribution in [1.82, 2.24) is 5.32 Å². The SMILES string of the molecule is CCOc1ccc(C(C)NC(=O)/C=C/c2ccc(NS(C)(=O)=O)cc2)cc1. The Kier molecular flexibility index (Phi) is 7.01. The lowest BCUT2D eigenvalue weighted by Crippen LogP contribution is -2.24. The maximum absolute atomic E-state index is 12.1. The van der Waals surface area contributed by atoms with Gasteiger partial charge in [-0.05, 0) is 55.3 Å². The van der Waals surface area contributed by atoms with Crippen LogP contribution >= 0.6 is 0 Å². The number of benzene rings is 2. The molecule has 0 saturated carbocycles. The fraction of sp³-hybridized carbons (Fsp3) is 0.250. The number of carbonyl (C=O) groups is 1. The highest BCUT2D eigenvalue weighted by molar-refractivity contribution is 7.92. The highest BCUT2D eigenvalue weighted by Gasteiger charge is 2.07. The van der Waals surface area contributed by atoms with Crippen LogP contribution in [-0.2, 0) is 14.8 Å². The lowest BCUT2D eigenvalue weighted by molar-refractivity contribution is -0.117. The fourth-order valence-electron chi connectivity index (χ4n) is 2.41. The monoisotopic (exact) mass is 388 g/mol. The molecule has 0 saturated heterocycles. The van der Waals surface area contributed by atoms with E-state index in [0.717, 1.165) is 23.1 Å². The summed E-state index contributed by atoms with van der Waals surface area (Å²) in [5, 5.41) is 2.90. The predicted molar refractivity (Wildman–Crippen MR) is 108 cm³/mol. The van der Waals surface area contributed by atoms with Gasteiger partial charge < -0.3 is 10.1 Å². The Labute approximate surface area is 160 Å². The third kappa shape index (κ3) is 7.15. The summed E-state index contributed by atoms with van der Waals surface area (Å²) in [5.41, 5.74) is 2.25. The fourth-order valence-corrected chi connectivity index (χ4v) is 2.98. The molecule has 144 valence electrons. The van der Waals surface area contributed by atoms with Crippen molar-refractivity contribution in [3.05, 3.63) is 65.7 Å². The Morgan fingerprint density at radius 3 is 2.30 bits per heavy atom. The zero-order chi connectivity index (χ0) is 19.9. The number of anilines is 1. The average Bonchev–Trinajstić information content (AvgIpc) is 2.61. The molecular weight excluding hydrogens is 364 g/mol. The summed E-state index contributed by atoms with van der Waals surface area (Å²) in [5.74, 6) is 0.586. The van der Waals surface area contributed by atoms with E-state index in [9.17, 15) is 13.2 Å². The Morgan fingerprint density at radius 2 is 1.74 bits per heavy atom. The number of nitrogens with one attached hydrogen (secondary N) is 2. The van der Waals surface area contributed by atoms with Crippen LogP contribution in [-0.4, -0.2) is 27.2 Å². The first-order valence-electron chi connectivity index (χ1n) is 8.56. The number of hydrogen-bond acceptors (Lipinski definition) is 4. The molecule has 0 aromatic heterocycles. The first kappa shape index (κ1) is 20.5. The minimum atomic E-state index is -3.30. The van der Waals surface area contributed by atoms with Crippen LogP contribution in [0.1, 0.15) is 31.0 Å². The van der Waals surface area contributed by atoms with Crippen LogP contribution in [0, 0.1) is 0 Å². The molecule has 0 spiro atoms. The second kappa shape index (κ2) is 9.23. The van der Waals surface area contributed by atoms with Gasteiger partial charge in [-0.25, -0.2) is 8.42 Å². The maximum Gasteiger partial charge on any atom is 0.244 e. The van der Waals surface area contributed by atoms with Crippen LogP contribution in [0.5, 0.6) is 5.75 Å². The van der Waals surface area contributed by atoms with Crippen LogP contribution in [0.4, 0.5) is 5.69 Å². The van der Waals surface area contributed by atoms with E-state index < -0.39 is 10.0 Å². The van der Waals surface area contributed by atoms with E-state index in [0.29, 0.717) is 12.3 Å². The van der Waals surface area contributed by atoms with Crippen LogP contribution in [0.25, 0.3) is 6.08 Å². The Bertz CT molecular complexity index is 889. The van der Waals surface area contributed by atoms with E-state index in [1.807, 2.05) is 38.1 Å². The van der Waals surface area contributed by atoms with E-state index >= 15 is 0 Å². The van der Waals surface area contributed by atoms with Gasteiger partial charge in [-0.3, -0.25) is 9.52 Å². The first-order valence-corrected chi connectivity index (χ1v) is 10.4. The van der Waals surface area contributed by atoms with Crippen molar-refractivity contribution < 1.29 is 17.9 Å². The molecule has 0 heterocycles. The third-order valence-corrected chi connectivity index (χ3v) is 4.30. The molecule has 1 amide bonds. The van der Waals surface area contributed by atoms with Crippen LogP contribution in [0.3, 0.4) is 0 Å². The predicted octanol–water partition coefficient (Wildman–Crippen LogP) is 3.35. The zero-order valence-corrected chi connectivity index (χ0v) is 16.4. The topological polar surface area (TPSA) is 84.5 Å². The minimum absolute atomic E-state index is 0.140. The van der Waals surface area contributed by atoms with Gasteiger partial charge in [0.05, 0.1) is 18.9 Å². The van der Waals surface area contributed by atoms with Gasteiger partial charge in [0.2, 0.25) is 15.9 Å². The molecule has 1 atom stereocenters. The lowest BCUT2D eigenvalue weighted by atomic mass is 10.1. The molecule has 1 unspecified atom stereocenters. The molecular formula is C20H24N2O4S. The normalized spacial score (nSPS) is 12.6. The van der Waals surface area contributed by atoms with Crippen LogP contribution in [0.15, 0.2) is 54.6 Å². The first-order chi connectivity index (χ1) is 12.8. The number of sulfonamides is 1. The van der Waals surface area contributed by atoms with Crippen molar-refractivity contribution in [2.75, 3.05) is 17.6 Å². The van der Waals surface area contributed by atoms with Gasteiger partial charge in [0.15, 0.2) is 0 Å². The van der Waals surface area contributed by atoms with Crippen LogP contribution in [0.2, 0.25) is 0 Å². The minimum Gasteiger partial charge on any atom is -0.494 e. The summed E-state index contributed by atoms with van der Waals surface area (Å²) in [6, 6.07) is 14.2. The molecule has 2 aromatic rings. The summed E-state index contributed by atoms with van der Waals surface area (Å²) < 4.78 is 30.2. The molecule has 6 nitrogen and oxygen atoms in total. The molecule has 0 aliphatic rings. The summed E-state index contributed by atoms with van der Waals surface area (Å²) in [6.07, 6.45) is 4.21. The Hall–Kier alpha value is -2.80. The van der Waals surface area contributed by atoms with Crippen molar-refractivity contribution in [3.8, 4) is 5.75 Å². The van der Waals surface area contributed by atoms with Crippen molar-refractivity contribution in [2.24, 2.45) is 0 Å². The van der Waals surface area contributed by atoms with E-state index in [4.69, 9.17) is 4.74 Å². The van der Waals surface area contributed by atoms with Gasteiger partial charge in [0.1, 0.15) is 5.75 Å². The standard InChI is InChI=1S/C20H24N2O4S/c1-4-26-19-12-8-17(9-13-19)15(2)21-20(23)14-7-16-5-10-18(11-6-16)22-27(3,24)25/h5-15,22H,4H2,1-3H3,(H,21,23)/b14-7+. The third-order valence-electron chi connectivity index (χ3n) is 3.69. The summed E-state index contributed by atoms with van der Waals surface area (Å²) in [4.78, 5) is 12.1. The van der Waals surface area contributed by atoms with Gasteiger partial charge in [0.25, 0.3) is 0 Å². The van der Waals surface area contributed by atoms with Gasteiger partial charge in [0, 0.05) is 11.8 Å². The quantitative estimate of drug-likeness (QED) is 0.679. The number of carbonyl (C=O) groups excluding carboxylic acids is 1. The molecule has 0 bridgehead atoms. The largest absolute Gasteiger partial charge is 0.494 e. The van der Waals surface area contributed by atoms with E-state index in [1.54, 1.807) is 30.3 Å². The van der Waals surface area contributed by atoms with Crippen LogP contribution < -0.4 is 14.8 Å². The molecule has 0 aliphatic carbocycles. The Balaban J connectivity index is 1.92. The molecule has 27 heavy (non-hydrogen) atoms. The van der Waals surface area contributed by atoms with Crippen molar-refractivity contribution in [2.45, 2.75) is 19.9 Å². The number of rotatable bonds is 8. The molecule has 7 heteroatoms. The summed E-state index contributed by atoms with van der Waals surface area (Å²) >= 11 is 0. The molecule has 2 N–H and O–H groups in total. The highest BCUT2D eigenvalue weighted by atomic mass is 32.2. The van der Waals surface area contributed by atoms with Crippen molar-refractivity contribution >= 4 is 27.7 Å². The van der Waals surface area contributed by atoms with E-state index in [1.165, 1.54) is 6.08 Å². The second-order valence-electron chi connectivity index (χ2n) is 6.06. The number of amides is 1.